The predicted molar refractivity (Wildman–Crippen MR) is 88.2 cm³/mol. The van der Waals surface area contributed by atoms with Crippen molar-refractivity contribution in [3.05, 3.63) is 29.3 Å². The Morgan fingerprint density at radius 1 is 1.19 bits per heavy atom. The van der Waals surface area contributed by atoms with Crippen LogP contribution in [0.2, 0.25) is 0 Å². The molecule has 0 saturated heterocycles. The summed E-state index contributed by atoms with van der Waals surface area (Å²) in [4.78, 5) is 0. The zero-order valence-corrected chi connectivity index (χ0v) is 13.9. The summed E-state index contributed by atoms with van der Waals surface area (Å²) < 4.78 is 16.6. The first-order valence-electron chi connectivity index (χ1n) is 7.59. The van der Waals surface area contributed by atoms with Gasteiger partial charge in [-0.1, -0.05) is 19.1 Å². The molecule has 0 aliphatic carbocycles. The number of benzene rings is 1. The maximum atomic E-state index is 6.06. The van der Waals surface area contributed by atoms with Gasteiger partial charge in [0.15, 0.2) is 0 Å². The number of hydrogen-bond acceptors (Lipinski definition) is 3. The van der Waals surface area contributed by atoms with Crippen molar-refractivity contribution >= 4 is 6.08 Å². The molecule has 0 aliphatic rings. The summed E-state index contributed by atoms with van der Waals surface area (Å²) in [6, 6.07) is 4.08. The van der Waals surface area contributed by atoms with Crippen LogP contribution in [0.5, 0.6) is 11.5 Å². The van der Waals surface area contributed by atoms with E-state index in [1.165, 1.54) is 0 Å². The van der Waals surface area contributed by atoms with Gasteiger partial charge in [-0.05, 0) is 50.3 Å². The summed E-state index contributed by atoms with van der Waals surface area (Å²) in [6.07, 6.45) is 6.19. The monoisotopic (exact) mass is 292 g/mol. The highest BCUT2D eigenvalue weighted by atomic mass is 16.5. The molecule has 3 heteroatoms. The van der Waals surface area contributed by atoms with Crippen LogP contribution in [-0.4, -0.2) is 27.4 Å². The van der Waals surface area contributed by atoms with Crippen LogP contribution in [0.3, 0.4) is 0 Å². The summed E-state index contributed by atoms with van der Waals surface area (Å²) in [6.45, 7) is 7.73. The summed E-state index contributed by atoms with van der Waals surface area (Å²) in [7, 11) is 3.44. The standard InChI is InChI=1S/C18H28O3/c1-6-8-16-12-17(20-5)14(3)11-18(16)21-13-15(7-2)9-10-19-4/h6,8,11-12,15H,7,9-10,13H2,1-5H3/b8-6+. The van der Waals surface area contributed by atoms with Gasteiger partial charge in [-0.2, -0.15) is 0 Å². The highest BCUT2D eigenvalue weighted by Crippen LogP contribution is 2.30. The van der Waals surface area contributed by atoms with E-state index in [2.05, 4.69) is 13.0 Å². The minimum atomic E-state index is 0.519. The van der Waals surface area contributed by atoms with E-state index in [0.717, 1.165) is 48.7 Å². The molecule has 0 aliphatic heterocycles. The molecular formula is C18H28O3. The molecule has 0 amide bonds. The summed E-state index contributed by atoms with van der Waals surface area (Å²) in [5.41, 5.74) is 2.15. The van der Waals surface area contributed by atoms with E-state index >= 15 is 0 Å². The molecule has 1 aromatic rings. The maximum absolute atomic E-state index is 6.06. The molecule has 1 aromatic carbocycles. The van der Waals surface area contributed by atoms with Crippen LogP contribution < -0.4 is 9.47 Å². The van der Waals surface area contributed by atoms with Crippen molar-refractivity contribution in [3.8, 4) is 11.5 Å². The molecule has 1 unspecified atom stereocenters. The van der Waals surface area contributed by atoms with Crippen LogP contribution in [0, 0.1) is 12.8 Å². The second-order valence-corrected chi connectivity index (χ2v) is 5.23. The number of rotatable bonds is 9. The number of hydrogen-bond donors (Lipinski definition) is 0. The summed E-state index contributed by atoms with van der Waals surface area (Å²) in [5, 5.41) is 0. The van der Waals surface area contributed by atoms with Crippen LogP contribution in [-0.2, 0) is 4.74 Å². The number of ether oxygens (including phenoxy) is 3. The third-order valence-corrected chi connectivity index (χ3v) is 3.66. The molecule has 0 N–H and O–H groups in total. The average Bonchev–Trinajstić information content (AvgIpc) is 2.49. The Balaban J connectivity index is 2.83. The van der Waals surface area contributed by atoms with Gasteiger partial charge in [0.2, 0.25) is 0 Å². The second kappa shape index (κ2) is 9.46. The van der Waals surface area contributed by atoms with E-state index in [9.17, 15) is 0 Å². The Morgan fingerprint density at radius 3 is 2.52 bits per heavy atom. The van der Waals surface area contributed by atoms with Crippen LogP contribution in [0.15, 0.2) is 18.2 Å². The van der Waals surface area contributed by atoms with Gasteiger partial charge in [0, 0.05) is 19.3 Å². The fourth-order valence-corrected chi connectivity index (χ4v) is 2.23. The van der Waals surface area contributed by atoms with Crippen molar-refractivity contribution in [3.63, 3.8) is 0 Å². The molecule has 0 heterocycles. The van der Waals surface area contributed by atoms with Gasteiger partial charge in [-0.3, -0.25) is 0 Å². The SMILES string of the molecule is C/C=C/c1cc(OC)c(C)cc1OCC(CC)CCOC. The van der Waals surface area contributed by atoms with Crippen LogP contribution in [0.4, 0.5) is 0 Å². The maximum Gasteiger partial charge on any atom is 0.127 e. The number of allylic oxidation sites excluding steroid dienone is 1. The van der Waals surface area contributed by atoms with Crippen molar-refractivity contribution in [1.82, 2.24) is 0 Å². The highest BCUT2D eigenvalue weighted by molar-refractivity contribution is 5.61. The van der Waals surface area contributed by atoms with Crippen molar-refractivity contribution < 1.29 is 14.2 Å². The zero-order valence-electron chi connectivity index (χ0n) is 13.9. The van der Waals surface area contributed by atoms with E-state index in [4.69, 9.17) is 14.2 Å². The van der Waals surface area contributed by atoms with Crippen molar-refractivity contribution in [2.24, 2.45) is 5.92 Å². The molecule has 1 rings (SSSR count). The zero-order chi connectivity index (χ0) is 15.7. The Labute approximate surface area is 128 Å². The Morgan fingerprint density at radius 2 is 1.95 bits per heavy atom. The molecule has 3 nitrogen and oxygen atoms in total. The number of methoxy groups -OCH3 is 2. The van der Waals surface area contributed by atoms with Gasteiger partial charge in [-0.25, -0.2) is 0 Å². The first kappa shape index (κ1) is 17.6. The molecule has 1 atom stereocenters. The lowest BCUT2D eigenvalue weighted by atomic mass is 10.0. The smallest absolute Gasteiger partial charge is 0.127 e. The Hall–Kier alpha value is -1.48. The predicted octanol–water partition coefficient (Wildman–Crippen LogP) is 4.48. The summed E-state index contributed by atoms with van der Waals surface area (Å²) in [5.74, 6) is 2.33. The molecule has 118 valence electrons. The molecule has 21 heavy (non-hydrogen) atoms. The van der Waals surface area contributed by atoms with Crippen molar-refractivity contribution in [2.75, 3.05) is 27.4 Å². The van der Waals surface area contributed by atoms with Gasteiger partial charge >= 0.3 is 0 Å². The van der Waals surface area contributed by atoms with E-state index in [-0.39, 0.29) is 0 Å². The van der Waals surface area contributed by atoms with Crippen molar-refractivity contribution in [2.45, 2.75) is 33.6 Å². The lowest BCUT2D eigenvalue weighted by Crippen LogP contribution is -2.14. The minimum Gasteiger partial charge on any atom is -0.496 e. The van der Waals surface area contributed by atoms with Gasteiger partial charge in [0.25, 0.3) is 0 Å². The largest absolute Gasteiger partial charge is 0.496 e. The third-order valence-electron chi connectivity index (χ3n) is 3.66. The van der Waals surface area contributed by atoms with Gasteiger partial charge in [-0.15, -0.1) is 0 Å². The lowest BCUT2D eigenvalue weighted by molar-refractivity contribution is 0.153. The van der Waals surface area contributed by atoms with Gasteiger partial charge in [0.1, 0.15) is 11.5 Å². The van der Waals surface area contributed by atoms with Gasteiger partial charge in [0.05, 0.1) is 13.7 Å². The molecule has 0 aromatic heterocycles. The molecule has 0 radical (unpaired) electrons. The summed E-state index contributed by atoms with van der Waals surface area (Å²) >= 11 is 0. The fraction of sp³-hybridized carbons (Fsp3) is 0.556. The van der Waals surface area contributed by atoms with Crippen LogP contribution in [0.25, 0.3) is 6.08 Å². The van der Waals surface area contributed by atoms with E-state index in [0.29, 0.717) is 5.92 Å². The molecule has 0 bridgehead atoms. The first-order chi connectivity index (χ1) is 10.2. The first-order valence-corrected chi connectivity index (χ1v) is 7.59. The second-order valence-electron chi connectivity index (χ2n) is 5.23. The fourth-order valence-electron chi connectivity index (χ4n) is 2.23. The molecule has 0 spiro atoms. The number of aryl methyl sites for hydroxylation is 1. The lowest BCUT2D eigenvalue weighted by Gasteiger charge is -2.18. The molecule has 0 saturated carbocycles. The normalized spacial score (nSPS) is 12.6. The molecule has 0 fully saturated rings. The minimum absolute atomic E-state index is 0.519. The Kier molecular flexibility index (Phi) is 7.91. The van der Waals surface area contributed by atoms with E-state index in [1.807, 2.05) is 32.1 Å². The van der Waals surface area contributed by atoms with Crippen molar-refractivity contribution in [1.29, 1.82) is 0 Å². The molecular weight excluding hydrogens is 264 g/mol. The van der Waals surface area contributed by atoms with E-state index < -0.39 is 0 Å². The van der Waals surface area contributed by atoms with Gasteiger partial charge < -0.3 is 14.2 Å². The average molecular weight is 292 g/mol. The Bertz CT molecular complexity index is 452. The van der Waals surface area contributed by atoms with Crippen LogP contribution >= 0.6 is 0 Å². The highest BCUT2D eigenvalue weighted by Gasteiger charge is 2.11. The third kappa shape index (κ3) is 5.43. The van der Waals surface area contributed by atoms with Crippen LogP contribution in [0.1, 0.15) is 37.8 Å². The van der Waals surface area contributed by atoms with E-state index in [1.54, 1.807) is 14.2 Å². The topological polar surface area (TPSA) is 27.7 Å². The quantitative estimate of drug-likeness (QED) is 0.671.